The van der Waals surface area contributed by atoms with Gasteiger partial charge in [0.05, 0.1) is 0 Å². The van der Waals surface area contributed by atoms with E-state index in [1.807, 2.05) is 36.4 Å². The van der Waals surface area contributed by atoms with Gasteiger partial charge in [-0.2, -0.15) is 0 Å². The summed E-state index contributed by atoms with van der Waals surface area (Å²) in [6.45, 7) is 0. The molecular weight excluding hydrogens is 168 g/mol. The zero-order valence-electron chi connectivity index (χ0n) is 8.86. The highest BCUT2D eigenvalue weighted by Gasteiger charge is 2.26. The lowest BCUT2D eigenvalue weighted by Crippen LogP contribution is -2.21. The molecular formula is C14H20. The van der Waals surface area contributed by atoms with Crippen LogP contribution in [-0.2, 0) is 0 Å². The first-order valence-corrected chi connectivity index (χ1v) is 5.95. The first-order chi connectivity index (χ1) is 6.95. The molecule has 0 radical (unpaired) electrons. The smallest absolute Gasteiger partial charge is 0.0414 e. The van der Waals surface area contributed by atoms with Crippen LogP contribution < -0.4 is 0 Å². The van der Waals surface area contributed by atoms with Crippen molar-refractivity contribution in [3.05, 3.63) is 36.4 Å². The maximum absolute atomic E-state index is 2.00. The maximum atomic E-state index is 2.00. The molecule has 0 nitrogen and oxygen atoms in total. The van der Waals surface area contributed by atoms with Crippen LogP contribution in [0.4, 0.5) is 0 Å². The Bertz CT molecular complexity index is 182. The molecule has 3 saturated carbocycles. The number of benzene rings is 1. The molecule has 76 valence electrons. The van der Waals surface area contributed by atoms with Gasteiger partial charge in [0.1, 0.15) is 0 Å². The van der Waals surface area contributed by atoms with Crippen molar-refractivity contribution in [3.8, 4) is 0 Å². The van der Waals surface area contributed by atoms with Crippen LogP contribution in [-0.4, -0.2) is 0 Å². The normalized spacial score (nSPS) is 29.1. The van der Waals surface area contributed by atoms with Gasteiger partial charge in [-0.1, -0.05) is 74.9 Å². The first kappa shape index (κ1) is 9.76. The Balaban J connectivity index is 0.000000112. The van der Waals surface area contributed by atoms with E-state index in [0.717, 1.165) is 11.8 Å². The molecule has 3 aliphatic rings. The molecule has 0 amide bonds. The number of hydrogen-bond acceptors (Lipinski definition) is 0. The molecule has 1 aromatic rings. The Kier molecular flexibility index (Phi) is 3.62. The average molecular weight is 188 g/mol. The zero-order valence-corrected chi connectivity index (χ0v) is 8.86. The Morgan fingerprint density at radius 3 is 0.786 bits per heavy atom. The second kappa shape index (κ2) is 5.19. The third-order valence-corrected chi connectivity index (χ3v) is 3.62. The first-order valence-electron chi connectivity index (χ1n) is 5.95. The van der Waals surface area contributed by atoms with Gasteiger partial charge < -0.3 is 0 Å². The van der Waals surface area contributed by atoms with Crippen LogP contribution in [0.15, 0.2) is 36.4 Å². The predicted molar refractivity (Wildman–Crippen MR) is 61.1 cm³/mol. The van der Waals surface area contributed by atoms with Gasteiger partial charge in [0.25, 0.3) is 0 Å². The lowest BCUT2D eigenvalue weighted by molar-refractivity contribution is 0.176. The molecule has 0 aromatic heterocycles. The van der Waals surface area contributed by atoms with Crippen LogP contribution in [0.25, 0.3) is 0 Å². The molecule has 0 aliphatic heterocycles. The van der Waals surface area contributed by atoms with Crippen LogP contribution in [0.5, 0.6) is 0 Å². The van der Waals surface area contributed by atoms with Gasteiger partial charge in [0, 0.05) is 0 Å². The largest absolute Gasteiger partial charge is 0.0623 e. The van der Waals surface area contributed by atoms with E-state index in [0.29, 0.717) is 0 Å². The van der Waals surface area contributed by atoms with Crippen molar-refractivity contribution in [3.63, 3.8) is 0 Å². The molecule has 0 N–H and O–H groups in total. The molecule has 0 heteroatoms. The minimum Gasteiger partial charge on any atom is -0.0623 e. The third-order valence-electron chi connectivity index (χ3n) is 3.62. The summed E-state index contributed by atoms with van der Waals surface area (Å²) >= 11 is 0. The van der Waals surface area contributed by atoms with Gasteiger partial charge in [-0.25, -0.2) is 0 Å². The highest BCUT2D eigenvalue weighted by molar-refractivity contribution is 4.99. The summed E-state index contributed by atoms with van der Waals surface area (Å²) in [7, 11) is 0. The van der Waals surface area contributed by atoms with Gasteiger partial charge in [-0.05, 0) is 11.8 Å². The Morgan fingerprint density at radius 2 is 0.643 bits per heavy atom. The molecule has 0 heterocycles. The molecule has 0 atom stereocenters. The maximum Gasteiger partial charge on any atom is -0.0414 e. The van der Waals surface area contributed by atoms with Crippen LogP contribution in [0.1, 0.15) is 38.5 Å². The Hall–Kier alpha value is -0.780. The summed E-state index contributed by atoms with van der Waals surface area (Å²) in [5.41, 5.74) is 0. The summed E-state index contributed by atoms with van der Waals surface area (Å²) in [4.78, 5) is 0. The van der Waals surface area contributed by atoms with Gasteiger partial charge >= 0.3 is 0 Å². The molecule has 2 bridgehead atoms. The van der Waals surface area contributed by atoms with Gasteiger partial charge in [-0.3, -0.25) is 0 Å². The third kappa shape index (κ3) is 2.87. The monoisotopic (exact) mass is 188 g/mol. The fourth-order valence-electron chi connectivity index (χ4n) is 2.67. The summed E-state index contributed by atoms with van der Waals surface area (Å²) in [5, 5.41) is 0. The molecule has 3 aliphatic carbocycles. The second-order valence-electron chi connectivity index (χ2n) is 4.62. The van der Waals surface area contributed by atoms with Crippen molar-refractivity contribution < 1.29 is 0 Å². The quantitative estimate of drug-likeness (QED) is 0.570. The van der Waals surface area contributed by atoms with Crippen molar-refractivity contribution in [1.82, 2.24) is 0 Å². The summed E-state index contributed by atoms with van der Waals surface area (Å²) in [6.07, 6.45) is 9.36. The topological polar surface area (TPSA) is 0 Å². The molecule has 1 aromatic carbocycles. The van der Waals surface area contributed by atoms with E-state index in [2.05, 4.69) is 0 Å². The summed E-state index contributed by atoms with van der Waals surface area (Å²) < 4.78 is 0. The van der Waals surface area contributed by atoms with Crippen molar-refractivity contribution in [1.29, 1.82) is 0 Å². The molecule has 3 fully saturated rings. The lowest BCUT2D eigenvalue weighted by atomic mass is 9.71. The summed E-state index contributed by atoms with van der Waals surface area (Å²) in [5.74, 6) is 2.31. The number of rotatable bonds is 0. The molecule has 0 saturated heterocycles. The standard InChI is InChI=1S/C8H14.C6H6/c1-2-8-5-3-7(1)4-6-8;1-2-4-6-5-3-1/h7-8H,1-6H2;1-6H. The van der Waals surface area contributed by atoms with Crippen molar-refractivity contribution in [2.24, 2.45) is 11.8 Å². The van der Waals surface area contributed by atoms with E-state index < -0.39 is 0 Å². The fraction of sp³-hybridized carbons (Fsp3) is 0.571. The highest BCUT2D eigenvalue weighted by atomic mass is 14.3. The zero-order chi connectivity index (χ0) is 9.64. The second-order valence-corrected chi connectivity index (χ2v) is 4.62. The predicted octanol–water partition coefficient (Wildman–Crippen LogP) is 4.27. The van der Waals surface area contributed by atoms with Gasteiger partial charge in [0.2, 0.25) is 0 Å². The Labute approximate surface area is 87.3 Å². The highest BCUT2D eigenvalue weighted by Crippen LogP contribution is 2.40. The van der Waals surface area contributed by atoms with E-state index >= 15 is 0 Å². The molecule has 14 heavy (non-hydrogen) atoms. The van der Waals surface area contributed by atoms with Crippen molar-refractivity contribution in [2.45, 2.75) is 38.5 Å². The molecule has 4 rings (SSSR count). The van der Waals surface area contributed by atoms with Crippen LogP contribution in [0.2, 0.25) is 0 Å². The van der Waals surface area contributed by atoms with Crippen LogP contribution in [0, 0.1) is 11.8 Å². The minimum absolute atomic E-state index is 1.15. The minimum atomic E-state index is 1.15. The lowest BCUT2D eigenvalue weighted by Gasteiger charge is -2.35. The van der Waals surface area contributed by atoms with Crippen LogP contribution >= 0.6 is 0 Å². The van der Waals surface area contributed by atoms with Gasteiger partial charge in [-0.15, -0.1) is 0 Å². The fourth-order valence-corrected chi connectivity index (χ4v) is 2.67. The summed E-state index contributed by atoms with van der Waals surface area (Å²) in [6, 6.07) is 12.0. The average Bonchev–Trinajstić information content (AvgIpc) is 2.35. The number of hydrogen-bond donors (Lipinski definition) is 0. The van der Waals surface area contributed by atoms with E-state index in [4.69, 9.17) is 0 Å². The van der Waals surface area contributed by atoms with E-state index in [-0.39, 0.29) is 0 Å². The van der Waals surface area contributed by atoms with Crippen molar-refractivity contribution in [2.75, 3.05) is 0 Å². The van der Waals surface area contributed by atoms with Crippen LogP contribution in [0.3, 0.4) is 0 Å². The number of fused-ring (bicyclic) bond motifs is 3. The van der Waals surface area contributed by atoms with E-state index in [9.17, 15) is 0 Å². The molecule has 0 spiro atoms. The van der Waals surface area contributed by atoms with Gasteiger partial charge in [0.15, 0.2) is 0 Å². The van der Waals surface area contributed by atoms with E-state index in [1.165, 1.54) is 0 Å². The SMILES string of the molecule is C1CC2CCC1CC2.c1ccccc1. The van der Waals surface area contributed by atoms with Crippen molar-refractivity contribution >= 4 is 0 Å². The van der Waals surface area contributed by atoms with E-state index in [1.54, 1.807) is 38.5 Å². The Morgan fingerprint density at radius 1 is 0.429 bits per heavy atom. The molecule has 0 unspecified atom stereocenters.